The van der Waals surface area contributed by atoms with E-state index in [-0.39, 0.29) is 5.78 Å². The maximum atomic E-state index is 12.0. The third-order valence-electron chi connectivity index (χ3n) is 3.20. The van der Waals surface area contributed by atoms with Crippen molar-refractivity contribution < 1.29 is 9.21 Å². The Morgan fingerprint density at radius 3 is 2.78 bits per heavy atom. The maximum absolute atomic E-state index is 12.0. The minimum Gasteiger partial charge on any atom is -0.468 e. The highest BCUT2D eigenvalue weighted by molar-refractivity contribution is 6.43. The first kappa shape index (κ1) is 11.8. The van der Waals surface area contributed by atoms with Crippen molar-refractivity contribution in [1.82, 2.24) is 0 Å². The molecule has 0 amide bonds. The van der Waals surface area contributed by atoms with E-state index in [2.05, 4.69) is 0 Å². The molecule has 3 rings (SSSR count). The molecule has 0 saturated carbocycles. The first-order valence-electron chi connectivity index (χ1n) is 5.76. The fourth-order valence-corrected chi connectivity index (χ4v) is 2.73. The zero-order chi connectivity index (χ0) is 12.7. The molecule has 0 unspecified atom stereocenters. The topological polar surface area (TPSA) is 30.2 Å². The predicted molar refractivity (Wildman–Crippen MR) is 71.4 cm³/mol. The summed E-state index contributed by atoms with van der Waals surface area (Å²) >= 11 is 12.2. The molecule has 0 spiro atoms. The predicted octanol–water partition coefficient (Wildman–Crippen LogP) is 4.77. The van der Waals surface area contributed by atoms with Crippen LogP contribution in [0.5, 0.6) is 0 Å². The van der Waals surface area contributed by atoms with Gasteiger partial charge in [-0.25, -0.2) is 0 Å². The van der Waals surface area contributed by atoms with Gasteiger partial charge in [-0.15, -0.1) is 0 Å². The molecule has 0 atom stereocenters. The Kier molecular flexibility index (Phi) is 2.92. The Labute approximate surface area is 115 Å². The average molecular weight is 281 g/mol. The molecule has 0 N–H and O–H groups in total. The molecule has 2 aromatic rings. The highest BCUT2D eigenvalue weighted by Crippen LogP contribution is 2.39. The smallest absolute Gasteiger partial charge is 0.167 e. The molecule has 1 aromatic heterocycles. The monoisotopic (exact) mass is 280 g/mol. The van der Waals surface area contributed by atoms with Gasteiger partial charge in [-0.2, -0.15) is 0 Å². The number of benzene rings is 1. The lowest BCUT2D eigenvalue weighted by atomic mass is 9.91. The number of hydrogen-bond acceptors (Lipinski definition) is 2. The summed E-state index contributed by atoms with van der Waals surface area (Å²) in [5, 5.41) is 0.938. The number of ketones is 1. The number of Topliss-reactive ketones (excluding diaryl/α,β-unsaturated/α-hetero) is 1. The minimum atomic E-state index is 0.121. The molecule has 0 radical (unpaired) electrons. The van der Waals surface area contributed by atoms with Gasteiger partial charge in [0.1, 0.15) is 5.76 Å². The molecule has 2 nitrogen and oxygen atoms in total. The van der Waals surface area contributed by atoms with Crippen LogP contribution in [0.1, 0.15) is 29.0 Å². The molecule has 1 heterocycles. The van der Waals surface area contributed by atoms with Crippen LogP contribution >= 0.6 is 23.2 Å². The van der Waals surface area contributed by atoms with E-state index in [1.807, 2.05) is 12.1 Å². The van der Waals surface area contributed by atoms with Gasteiger partial charge in [0.25, 0.3) is 0 Å². The van der Waals surface area contributed by atoms with Gasteiger partial charge in [-0.05, 0) is 12.5 Å². The van der Waals surface area contributed by atoms with Gasteiger partial charge in [0.15, 0.2) is 5.78 Å². The standard InChI is InChI=1S/C14H10Cl2O2/c15-10-4-1-3-8(14(10)16)9-7-18-12-6-2-5-11(17)13(9)12/h1,3-4,7H,2,5-6H2. The summed E-state index contributed by atoms with van der Waals surface area (Å²) in [6.45, 7) is 0. The van der Waals surface area contributed by atoms with Gasteiger partial charge in [0.2, 0.25) is 0 Å². The van der Waals surface area contributed by atoms with Crippen LogP contribution in [0, 0.1) is 0 Å². The Morgan fingerprint density at radius 2 is 1.94 bits per heavy atom. The van der Waals surface area contributed by atoms with Crippen molar-refractivity contribution in [1.29, 1.82) is 0 Å². The molecule has 0 bridgehead atoms. The number of hydrogen-bond donors (Lipinski definition) is 0. The molecule has 1 aromatic carbocycles. The minimum absolute atomic E-state index is 0.121. The number of furan rings is 1. The lowest BCUT2D eigenvalue weighted by Gasteiger charge is -2.11. The van der Waals surface area contributed by atoms with E-state index >= 15 is 0 Å². The highest BCUT2D eigenvalue weighted by atomic mass is 35.5. The Balaban J connectivity index is 2.21. The summed E-state index contributed by atoms with van der Waals surface area (Å²) in [5.41, 5.74) is 2.18. The Hall–Kier alpha value is -1.25. The van der Waals surface area contributed by atoms with Crippen LogP contribution in [0.25, 0.3) is 11.1 Å². The third-order valence-corrected chi connectivity index (χ3v) is 4.01. The second-order valence-electron chi connectivity index (χ2n) is 4.33. The second kappa shape index (κ2) is 4.45. The van der Waals surface area contributed by atoms with Crippen LogP contribution in [-0.4, -0.2) is 5.78 Å². The Bertz CT molecular complexity index is 629. The van der Waals surface area contributed by atoms with E-state index in [4.69, 9.17) is 27.6 Å². The van der Waals surface area contributed by atoms with E-state index < -0.39 is 0 Å². The highest BCUT2D eigenvalue weighted by Gasteiger charge is 2.26. The van der Waals surface area contributed by atoms with E-state index in [0.717, 1.165) is 29.7 Å². The number of rotatable bonds is 1. The van der Waals surface area contributed by atoms with Crippen LogP contribution in [0.15, 0.2) is 28.9 Å². The second-order valence-corrected chi connectivity index (χ2v) is 5.11. The number of fused-ring (bicyclic) bond motifs is 1. The van der Waals surface area contributed by atoms with E-state index in [0.29, 0.717) is 22.0 Å². The van der Waals surface area contributed by atoms with Gasteiger partial charge in [-0.1, -0.05) is 35.3 Å². The number of halogens is 2. The molecule has 0 saturated heterocycles. The lowest BCUT2D eigenvalue weighted by Crippen LogP contribution is -2.09. The Morgan fingerprint density at radius 1 is 1.11 bits per heavy atom. The fraction of sp³-hybridized carbons (Fsp3) is 0.214. The van der Waals surface area contributed by atoms with Crippen molar-refractivity contribution in [2.24, 2.45) is 0 Å². The number of aryl methyl sites for hydroxylation is 1. The van der Waals surface area contributed by atoms with Crippen molar-refractivity contribution in [2.75, 3.05) is 0 Å². The quantitative estimate of drug-likeness (QED) is 0.753. The molecule has 92 valence electrons. The van der Waals surface area contributed by atoms with Crippen LogP contribution in [-0.2, 0) is 6.42 Å². The SMILES string of the molecule is O=C1CCCc2occ(-c3cccc(Cl)c3Cl)c21. The van der Waals surface area contributed by atoms with E-state index in [1.54, 1.807) is 12.3 Å². The largest absolute Gasteiger partial charge is 0.468 e. The molecule has 0 aliphatic heterocycles. The summed E-state index contributed by atoms with van der Waals surface area (Å²) in [4.78, 5) is 12.0. The first-order valence-corrected chi connectivity index (χ1v) is 6.52. The van der Waals surface area contributed by atoms with Gasteiger partial charge in [-0.3, -0.25) is 4.79 Å². The van der Waals surface area contributed by atoms with Gasteiger partial charge < -0.3 is 4.42 Å². The zero-order valence-corrected chi connectivity index (χ0v) is 11.0. The summed E-state index contributed by atoms with van der Waals surface area (Å²) in [7, 11) is 0. The molecule has 1 aliphatic rings. The van der Waals surface area contributed by atoms with Crippen molar-refractivity contribution in [3.05, 3.63) is 45.8 Å². The molecule has 18 heavy (non-hydrogen) atoms. The summed E-state index contributed by atoms with van der Waals surface area (Å²) in [5.74, 6) is 0.883. The molecule has 4 heteroatoms. The van der Waals surface area contributed by atoms with Gasteiger partial charge in [0, 0.05) is 24.0 Å². The van der Waals surface area contributed by atoms with Crippen molar-refractivity contribution in [3.63, 3.8) is 0 Å². The average Bonchev–Trinajstić information content (AvgIpc) is 2.78. The van der Waals surface area contributed by atoms with E-state index in [1.165, 1.54) is 0 Å². The normalized spacial score (nSPS) is 14.7. The third kappa shape index (κ3) is 1.76. The summed E-state index contributed by atoms with van der Waals surface area (Å²) in [6.07, 6.45) is 3.82. The molecule has 1 aliphatic carbocycles. The summed E-state index contributed by atoms with van der Waals surface area (Å²) in [6, 6.07) is 5.39. The molecule has 0 fully saturated rings. The summed E-state index contributed by atoms with van der Waals surface area (Å²) < 4.78 is 5.48. The van der Waals surface area contributed by atoms with Crippen LogP contribution < -0.4 is 0 Å². The van der Waals surface area contributed by atoms with Crippen LogP contribution in [0.3, 0.4) is 0 Å². The maximum Gasteiger partial charge on any atom is 0.167 e. The van der Waals surface area contributed by atoms with Crippen LogP contribution in [0.2, 0.25) is 10.0 Å². The first-order chi connectivity index (χ1) is 8.68. The van der Waals surface area contributed by atoms with Crippen molar-refractivity contribution >= 4 is 29.0 Å². The van der Waals surface area contributed by atoms with Gasteiger partial charge in [0.05, 0.1) is 21.9 Å². The van der Waals surface area contributed by atoms with Crippen molar-refractivity contribution in [3.8, 4) is 11.1 Å². The zero-order valence-electron chi connectivity index (χ0n) is 9.50. The number of carbonyl (C=O) groups is 1. The van der Waals surface area contributed by atoms with E-state index in [9.17, 15) is 4.79 Å². The lowest BCUT2D eigenvalue weighted by molar-refractivity contribution is 0.0970. The fourth-order valence-electron chi connectivity index (χ4n) is 2.33. The number of carbonyl (C=O) groups excluding carboxylic acids is 1. The van der Waals surface area contributed by atoms with Gasteiger partial charge >= 0.3 is 0 Å². The molecular weight excluding hydrogens is 271 g/mol. The molecular formula is C14H10Cl2O2. The van der Waals surface area contributed by atoms with Crippen LogP contribution in [0.4, 0.5) is 0 Å². The van der Waals surface area contributed by atoms with Crippen molar-refractivity contribution in [2.45, 2.75) is 19.3 Å².